The lowest BCUT2D eigenvalue weighted by Crippen LogP contribution is -2.38. The van der Waals surface area contributed by atoms with Gasteiger partial charge < -0.3 is 5.73 Å². The van der Waals surface area contributed by atoms with Gasteiger partial charge in [-0.3, -0.25) is 0 Å². The van der Waals surface area contributed by atoms with E-state index in [4.69, 9.17) is 28.9 Å². The van der Waals surface area contributed by atoms with Crippen molar-refractivity contribution < 1.29 is 13.6 Å². The first-order chi connectivity index (χ1) is 12.3. The lowest BCUT2D eigenvalue weighted by Gasteiger charge is -2.39. The smallest absolute Gasteiger partial charge is 0.332 e. The molecule has 0 aromatic heterocycles. The number of carbonyl (C=O) groups excluding carboxylic acids is 1. The summed E-state index contributed by atoms with van der Waals surface area (Å²) in [5.41, 5.74) is 8.14. The van der Waals surface area contributed by atoms with Crippen LogP contribution >= 0.6 is 35.0 Å². The highest BCUT2D eigenvalue weighted by atomic mass is 35.5. The zero-order valence-electron chi connectivity index (χ0n) is 13.2. The molecule has 0 radical (unpaired) electrons. The van der Waals surface area contributed by atoms with Crippen molar-refractivity contribution in [1.82, 2.24) is 5.43 Å². The normalized spacial score (nSPS) is 22.2. The largest absolute Gasteiger partial charge is 0.350 e. The molecule has 9 heteroatoms. The summed E-state index contributed by atoms with van der Waals surface area (Å²) in [5, 5.41) is 3.71. The van der Waals surface area contributed by atoms with E-state index in [0.717, 1.165) is 4.90 Å². The molecule has 1 aliphatic heterocycles. The number of hydrogen-bond donors (Lipinski definition) is 2. The first-order valence-corrected chi connectivity index (χ1v) is 9.22. The molecule has 0 bridgehead atoms. The van der Waals surface area contributed by atoms with E-state index in [1.807, 2.05) is 0 Å². The Morgan fingerprint density at radius 1 is 1.35 bits per heavy atom. The Morgan fingerprint density at radius 3 is 2.81 bits per heavy atom. The monoisotopic (exact) mass is 415 g/mol. The molecular weight excluding hydrogens is 403 g/mol. The van der Waals surface area contributed by atoms with Crippen molar-refractivity contribution in [1.29, 1.82) is 0 Å². The summed E-state index contributed by atoms with van der Waals surface area (Å²) in [6.07, 6.45) is 1.44. The van der Waals surface area contributed by atoms with Crippen molar-refractivity contribution in [3.05, 3.63) is 64.2 Å². The lowest BCUT2D eigenvalue weighted by atomic mass is 9.80. The number of thioether (sulfide) groups is 1. The number of benzene rings is 2. The number of hydrogen-bond acceptors (Lipinski definition) is 3. The van der Waals surface area contributed by atoms with E-state index in [1.54, 1.807) is 6.07 Å². The van der Waals surface area contributed by atoms with Crippen LogP contribution in [0.5, 0.6) is 0 Å². The molecule has 0 saturated heterocycles. The van der Waals surface area contributed by atoms with Crippen LogP contribution in [0.4, 0.5) is 13.6 Å². The number of alkyl halides is 1. The van der Waals surface area contributed by atoms with Gasteiger partial charge in [0, 0.05) is 22.8 Å². The van der Waals surface area contributed by atoms with Gasteiger partial charge in [-0.2, -0.15) is 5.10 Å². The number of urea groups is 1. The summed E-state index contributed by atoms with van der Waals surface area (Å²) >= 11 is 14.4. The first kappa shape index (κ1) is 18.9. The number of nitrogens with zero attached hydrogens (tertiary/aromatic N) is 1. The number of nitrogens with two attached hydrogens (primary N) is 1. The third-order valence-electron chi connectivity index (χ3n) is 4.03. The Morgan fingerprint density at radius 2 is 2.12 bits per heavy atom. The minimum absolute atomic E-state index is 0.0929. The fraction of sp³-hybridized carbons (Fsp3) is 0.176. The first-order valence-electron chi connectivity index (χ1n) is 7.48. The van der Waals surface area contributed by atoms with E-state index in [-0.39, 0.29) is 5.02 Å². The number of amides is 2. The van der Waals surface area contributed by atoms with E-state index in [0.29, 0.717) is 16.9 Å². The highest BCUT2D eigenvalue weighted by Gasteiger charge is 2.44. The summed E-state index contributed by atoms with van der Waals surface area (Å²) in [5.74, 6) is -0.977. The fourth-order valence-electron chi connectivity index (χ4n) is 2.84. The van der Waals surface area contributed by atoms with Crippen LogP contribution in [-0.2, 0) is 4.87 Å². The van der Waals surface area contributed by atoms with Crippen LogP contribution in [0.3, 0.4) is 0 Å². The van der Waals surface area contributed by atoms with Gasteiger partial charge in [-0.05, 0) is 41.5 Å². The van der Waals surface area contributed by atoms with Crippen molar-refractivity contribution in [3.8, 4) is 0 Å². The van der Waals surface area contributed by atoms with Crippen molar-refractivity contribution in [3.63, 3.8) is 0 Å². The molecule has 4 nitrogen and oxygen atoms in total. The Hall–Kier alpha value is -1.83. The van der Waals surface area contributed by atoms with Crippen molar-refractivity contribution in [2.75, 3.05) is 5.75 Å². The van der Waals surface area contributed by atoms with Gasteiger partial charge in [0.25, 0.3) is 0 Å². The summed E-state index contributed by atoms with van der Waals surface area (Å²) in [7, 11) is 0. The molecule has 0 fully saturated rings. The number of primary amides is 1. The maximum Gasteiger partial charge on any atom is 0.332 e. The van der Waals surface area contributed by atoms with Crippen LogP contribution in [0.15, 0.2) is 46.4 Å². The van der Waals surface area contributed by atoms with Gasteiger partial charge >= 0.3 is 6.03 Å². The maximum absolute atomic E-state index is 13.9. The van der Waals surface area contributed by atoms with Crippen LogP contribution < -0.4 is 11.2 Å². The lowest BCUT2D eigenvalue weighted by molar-refractivity contribution is 0.249. The summed E-state index contributed by atoms with van der Waals surface area (Å²) < 4.78 is 27.5. The van der Waals surface area contributed by atoms with Gasteiger partial charge in [0.1, 0.15) is 16.5 Å². The van der Waals surface area contributed by atoms with E-state index in [1.165, 1.54) is 48.3 Å². The quantitative estimate of drug-likeness (QED) is 0.440. The molecule has 1 heterocycles. The minimum atomic E-state index is -1.25. The molecule has 2 amide bonds. The highest BCUT2D eigenvalue weighted by molar-refractivity contribution is 7.99. The molecular formula is C17H13Cl2F2N3OS. The van der Waals surface area contributed by atoms with Crippen LogP contribution in [0, 0.1) is 17.6 Å². The Bertz CT molecular complexity index is 896. The molecule has 2 unspecified atom stereocenters. The summed E-state index contributed by atoms with van der Waals surface area (Å²) in [6, 6.07) is 7.64. The minimum Gasteiger partial charge on any atom is -0.350 e. The van der Waals surface area contributed by atoms with Crippen LogP contribution in [0.25, 0.3) is 0 Å². The molecule has 26 heavy (non-hydrogen) atoms. The molecule has 2 atom stereocenters. The Balaban J connectivity index is 2.15. The predicted octanol–water partition coefficient (Wildman–Crippen LogP) is 4.48. The zero-order chi connectivity index (χ0) is 18.9. The maximum atomic E-state index is 13.9. The van der Waals surface area contributed by atoms with E-state index in [2.05, 4.69) is 10.5 Å². The molecule has 0 spiro atoms. The number of nitrogens with one attached hydrogen (secondary N) is 1. The molecule has 2 aromatic rings. The predicted molar refractivity (Wildman–Crippen MR) is 99.9 cm³/mol. The second-order valence-corrected chi connectivity index (χ2v) is 7.72. The molecule has 0 saturated carbocycles. The van der Waals surface area contributed by atoms with Gasteiger partial charge in [-0.1, -0.05) is 17.7 Å². The average Bonchev–Trinajstić information content (AvgIpc) is 2.59. The molecule has 1 aliphatic rings. The van der Waals surface area contributed by atoms with Gasteiger partial charge in [0.15, 0.2) is 0 Å². The second-order valence-electron chi connectivity index (χ2n) is 5.65. The number of hydrazone groups is 1. The molecule has 2 aromatic carbocycles. The van der Waals surface area contributed by atoms with Crippen LogP contribution in [-0.4, -0.2) is 18.0 Å². The second kappa shape index (κ2) is 7.42. The van der Waals surface area contributed by atoms with Crippen LogP contribution in [0.1, 0.15) is 11.1 Å². The van der Waals surface area contributed by atoms with Gasteiger partial charge in [-0.25, -0.2) is 19.0 Å². The van der Waals surface area contributed by atoms with Crippen LogP contribution in [0.2, 0.25) is 5.02 Å². The topological polar surface area (TPSA) is 67.5 Å². The fourth-order valence-corrected chi connectivity index (χ4v) is 4.81. The van der Waals surface area contributed by atoms with Gasteiger partial charge in [0.2, 0.25) is 0 Å². The van der Waals surface area contributed by atoms with Crippen molar-refractivity contribution in [2.24, 2.45) is 16.8 Å². The third-order valence-corrected chi connectivity index (χ3v) is 6.22. The molecule has 0 aliphatic carbocycles. The van der Waals surface area contributed by atoms with E-state index >= 15 is 0 Å². The Kier molecular flexibility index (Phi) is 5.41. The van der Waals surface area contributed by atoms with E-state index in [9.17, 15) is 13.6 Å². The number of halogens is 4. The van der Waals surface area contributed by atoms with Gasteiger partial charge in [0.05, 0.1) is 5.02 Å². The van der Waals surface area contributed by atoms with Crippen molar-refractivity contribution in [2.45, 2.75) is 9.77 Å². The number of rotatable bonds is 3. The number of carbonyl (C=O) groups is 1. The van der Waals surface area contributed by atoms with Crippen molar-refractivity contribution >= 4 is 47.2 Å². The van der Waals surface area contributed by atoms with E-state index < -0.39 is 28.5 Å². The Labute approximate surface area is 162 Å². The molecule has 136 valence electrons. The number of fused-ring (bicyclic) bond motifs is 1. The SMILES string of the molecule is NC(=O)NN=CC1CSc2ccc(F)cc2C1(Cl)c1ccc(F)c(Cl)c1. The standard InChI is InChI=1S/C17H13Cl2F2N3OS/c18-13-5-9(1-3-14(13)21)17(19)10(7-23-24-16(22)25)8-26-15-4-2-11(20)6-12(15)17/h1-7,10H,8H2,(H3,22,24,25). The zero-order valence-corrected chi connectivity index (χ0v) is 15.5. The third kappa shape index (κ3) is 3.51. The van der Waals surface area contributed by atoms with Gasteiger partial charge in [-0.15, -0.1) is 23.4 Å². The molecule has 3 rings (SSSR count). The highest BCUT2D eigenvalue weighted by Crippen LogP contribution is 2.52. The molecule has 3 N–H and O–H groups in total. The summed E-state index contributed by atoms with van der Waals surface area (Å²) in [4.78, 5) is 10.4. The summed E-state index contributed by atoms with van der Waals surface area (Å²) in [6.45, 7) is 0. The average molecular weight is 416 g/mol.